The Labute approximate surface area is 463 Å². The molecule has 1 unspecified atom stereocenters. The van der Waals surface area contributed by atoms with Gasteiger partial charge in [-0.3, -0.25) is 4.79 Å². The summed E-state index contributed by atoms with van der Waals surface area (Å²) in [5.41, 5.74) is 3.20. The molecule has 8 aromatic rings. The summed E-state index contributed by atoms with van der Waals surface area (Å²) < 4.78 is 109. The van der Waals surface area contributed by atoms with Crippen LogP contribution in [0, 0.1) is 12.8 Å². The summed E-state index contributed by atoms with van der Waals surface area (Å²) in [5.74, 6) is 2.54. The van der Waals surface area contributed by atoms with Crippen LogP contribution in [0.3, 0.4) is 0 Å². The van der Waals surface area contributed by atoms with Crippen LogP contribution in [0.15, 0.2) is 152 Å². The molecular weight excluding hydrogens is 1020 g/mol. The molecule has 8 aromatic carbocycles. The van der Waals surface area contributed by atoms with Crippen molar-refractivity contribution < 1.29 is 45.3 Å². The zero-order valence-corrected chi connectivity index (χ0v) is 45.7. The third-order valence-electron chi connectivity index (χ3n) is 17.1. The van der Waals surface area contributed by atoms with Gasteiger partial charge in [0, 0.05) is 44.3 Å². The molecule has 3 aliphatic rings. The van der Waals surface area contributed by atoms with Gasteiger partial charge < -0.3 is 19.5 Å². The molecule has 0 radical (unpaired) electrons. The molecular formula is C69H63F6NO4. The summed E-state index contributed by atoms with van der Waals surface area (Å²) in [4.78, 5) is 13.5. The number of hydrogen-bond acceptors (Lipinski definition) is 4. The number of aryl methyl sites for hydroxylation is 1. The van der Waals surface area contributed by atoms with E-state index in [0.717, 1.165) is 45.4 Å². The van der Waals surface area contributed by atoms with Gasteiger partial charge in [0.2, 0.25) is 0 Å². The van der Waals surface area contributed by atoms with E-state index in [1.807, 2.05) is 134 Å². The highest BCUT2D eigenvalue weighted by Gasteiger charge is 2.50. The van der Waals surface area contributed by atoms with Crippen molar-refractivity contribution in [2.75, 3.05) is 19.5 Å². The second kappa shape index (κ2) is 21.0. The Morgan fingerprint density at radius 1 is 0.675 bits per heavy atom. The number of amides is 1. The average molecular weight is 1080 g/mol. The van der Waals surface area contributed by atoms with Crippen molar-refractivity contribution in [3.8, 4) is 50.6 Å². The minimum Gasteiger partial charge on any atom is -0.497 e. The molecule has 1 N–H and O–H groups in total. The van der Waals surface area contributed by atoms with Gasteiger partial charge in [-0.15, -0.1) is 0 Å². The van der Waals surface area contributed by atoms with E-state index < -0.39 is 34.5 Å². The number of unbranched alkanes of at least 4 members (excludes halogenated alkanes) is 2. The molecule has 410 valence electrons. The number of alkyl halides is 6. The zero-order chi connectivity index (χ0) is 56.3. The number of ether oxygens (including phenoxy) is 3. The molecule has 11 rings (SSSR count). The number of fused-ring (bicyclic) bond motifs is 8. The lowest BCUT2D eigenvalue weighted by Gasteiger charge is -2.38. The summed E-state index contributed by atoms with van der Waals surface area (Å²) >= 11 is 0. The molecule has 0 aromatic heterocycles. The van der Waals surface area contributed by atoms with Gasteiger partial charge in [0.05, 0.1) is 25.3 Å². The van der Waals surface area contributed by atoms with E-state index in [1.165, 1.54) is 64.0 Å². The Bertz CT molecular complexity index is 3670. The van der Waals surface area contributed by atoms with Gasteiger partial charge in [0.25, 0.3) is 5.91 Å². The third-order valence-corrected chi connectivity index (χ3v) is 17.1. The third kappa shape index (κ3) is 9.80. The highest BCUT2D eigenvalue weighted by atomic mass is 19.4. The minimum atomic E-state index is -5.12. The summed E-state index contributed by atoms with van der Waals surface area (Å²) in [6.45, 7) is 7.46. The first-order chi connectivity index (χ1) is 38.3. The van der Waals surface area contributed by atoms with E-state index in [4.69, 9.17) is 14.2 Å². The van der Waals surface area contributed by atoms with Crippen LogP contribution in [0.25, 0.3) is 50.2 Å². The minimum absolute atomic E-state index is 0.148. The van der Waals surface area contributed by atoms with Crippen LogP contribution >= 0.6 is 0 Å². The molecule has 1 amide bonds. The maximum absolute atomic E-state index is 15.3. The molecule has 1 fully saturated rings. The number of benzene rings is 8. The zero-order valence-electron chi connectivity index (χ0n) is 45.7. The van der Waals surface area contributed by atoms with Crippen LogP contribution in [0.2, 0.25) is 0 Å². The summed E-state index contributed by atoms with van der Waals surface area (Å²) in [6, 6.07) is 43.2. The van der Waals surface area contributed by atoms with Crippen molar-refractivity contribution in [1.29, 1.82) is 0 Å². The lowest BCUT2D eigenvalue weighted by atomic mass is 9.75. The number of carbonyl (C=O) groups is 1. The summed E-state index contributed by atoms with van der Waals surface area (Å²) in [5, 5.41) is 3.89. The van der Waals surface area contributed by atoms with Gasteiger partial charge in [-0.25, -0.2) is 0 Å². The molecule has 1 atom stereocenters. The average Bonchev–Trinajstić information content (AvgIpc) is 3.90. The monoisotopic (exact) mass is 1080 g/mol. The van der Waals surface area contributed by atoms with Gasteiger partial charge in [-0.1, -0.05) is 137 Å². The fraction of sp³-hybridized carbons (Fsp3) is 0.290. The topological polar surface area (TPSA) is 56.8 Å². The second-order valence-corrected chi connectivity index (χ2v) is 22.3. The predicted octanol–water partition coefficient (Wildman–Crippen LogP) is 19.3. The van der Waals surface area contributed by atoms with Crippen molar-refractivity contribution in [2.24, 2.45) is 5.92 Å². The van der Waals surface area contributed by atoms with E-state index in [9.17, 15) is 18.0 Å². The van der Waals surface area contributed by atoms with Crippen LogP contribution in [0.5, 0.6) is 17.2 Å². The predicted molar refractivity (Wildman–Crippen MR) is 307 cm³/mol. The van der Waals surface area contributed by atoms with Gasteiger partial charge in [0.15, 0.2) is 5.60 Å². The fourth-order valence-corrected chi connectivity index (χ4v) is 13.0. The highest BCUT2D eigenvalue weighted by Crippen LogP contribution is 2.62. The number of methoxy groups -OCH3 is 2. The van der Waals surface area contributed by atoms with Crippen molar-refractivity contribution in [1.82, 2.24) is 0 Å². The SMILES string of the molecule is CCCCCC1CCC(c2ccc(C(=O)Nc3ccc(-c4ccc(-c5cc6c7c(c8c(c6cc5OC)OC(c5ccccc5)(c5ccc(OC)cc5)C=C8)C(C)(C)c5c-7cc(C(F)(F)F)cc5C(F)(F)F)c(C)c4)cc3)cc2)CC1. The highest BCUT2D eigenvalue weighted by molar-refractivity contribution is 6.11. The Kier molecular flexibility index (Phi) is 14.2. The Morgan fingerprint density at radius 3 is 2.00 bits per heavy atom. The number of anilines is 1. The summed E-state index contributed by atoms with van der Waals surface area (Å²) in [6.07, 6.45) is 3.64. The van der Waals surface area contributed by atoms with E-state index >= 15 is 13.2 Å². The fourth-order valence-electron chi connectivity index (χ4n) is 13.0. The van der Waals surface area contributed by atoms with Gasteiger partial charge >= 0.3 is 12.4 Å². The molecule has 1 saturated carbocycles. The first-order valence-electron chi connectivity index (χ1n) is 27.6. The van der Waals surface area contributed by atoms with E-state index in [0.29, 0.717) is 61.9 Å². The van der Waals surface area contributed by atoms with Crippen LogP contribution in [-0.4, -0.2) is 20.1 Å². The molecule has 80 heavy (non-hydrogen) atoms. The van der Waals surface area contributed by atoms with Gasteiger partial charge in [-0.05, 0) is 167 Å². The Morgan fingerprint density at radius 2 is 1.36 bits per heavy atom. The lowest BCUT2D eigenvalue weighted by Crippen LogP contribution is -2.35. The van der Waals surface area contributed by atoms with Gasteiger partial charge in [0.1, 0.15) is 17.2 Å². The Hall–Kier alpha value is -7.79. The van der Waals surface area contributed by atoms with Crippen molar-refractivity contribution >= 4 is 28.4 Å². The molecule has 1 aliphatic heterocycles. The van der Waals surface area contributed by atoms with E-state index in [-0.39, 0.29) is 28.7 Å². The van der Waals surface area contributed by atoms with Crippen LogP contribution in [-0.2, 0) is 23.4 Å². The van der Waals surface area contributed by atoms with Crippen molar-refractivity contribution in [2.45, 2.75) is 108 Å². The lowest BCUT2D eigenvalue weighted by molar-refractivity contribution is -0.143. The largest absolute Gasteiger partial charge is 0.497 e. The molecule has 1 heterocycles. The first-order valence-corrected chi connectivity index (χ1v) is 27.6. The summed E-state index contributed by atoms with van der Waals surface area (Å²) in [7, 11) is 3.10. The maximum atomic E-state index is 15.3. The van der Waals surface area contributed by atoms with Crippen LogP contribution < -0.4 is 19.5 Å². The quantitative estimate of drug-likeness (QED) is 0.0923. The van der Waals surface area contributed by atoms with Gasteiger partial charge in [-0.2, -0.15) is 26.3 Å². The number of nitrogens with one attached hydrogen (secondary N) is 1. The van der Waals surface area contributed by atoms with Crippen molar-refractivity contribution in [3.05, 3.63) is 207 Å². The van der Waals surface area contributed by atoms with E-state index in [1.54, 1.807) is 27.0 Å². The molecule has 11 heteroatoms. The first kappa shape index (κ1) is 54.2. The number of carbonyl (C=O) groups excluding carboxylic acids is 1. The Balaban J connectivity index is 0.966. The number of rotatable bonds is 13. The van der Waals surface area contributed by atoms with Crippen molar-refractivity contribution in [3.63, 3.8) is 0 Å². The molecule has 2 aliphatic carbocycles. The smallest absolute Gasteiger partial charge is 0.416 e. The number of hydrogen-bond donors (Lipinski definition) is 1. The molecule has 0 bridgehead atoms. The second-order valence-electron chi connectivity index (χ2n) is 22.3. The standard InChI is InChI=1S/C69H63F6NO4/c1-7-8-10-13-42-16-18-43(19-17-42)44-20-22-46(23-21-44)65(77)76-51-29-24-45(25-30-51)47-26-33-53(41(2)36-47)55-39-56-57(40-60(55)79-6)64-54(34-35-67(80-64,48-14-11-9-12-15-48)49-27-31-52(78-5)32-28-49)63-61(56)58-37-50(68(70,71)72)38-59(69(73,74)75)62(58)66(63,3)4/h9,11-12,14-15,20-40,42-43H,7-8,10,13,16-19H2,1-6H3,(H,76,77). The molecule has 0 saturated heterocycles. The normalized spacial score (nSPS) is 18.2. The molecule has 0 spiro atoms. The van der Waals surface area contributed by atoms with Crippen LogP contribution in [0.4, 0.5) is 32.0 Å². The maximum Gasteiger partial charge on any atom is 0.416 e. The number of halogens is 6. The molecule has 5 nitrogen and oxygen atoms in total. The van der Waals surface area contributed by atoms with Crippen LogP contribution in [0.1, 0.15) is 138 Å². The van der Waals surface area contributed by atoms with E-state index in [2.05, 4.69) is 24.4 Å².